The molecule has 0 saturated carbocycles. The van der Waals surface area contributed by atoms with E-state index in [0.29, 0.717) is 54.8 Å². The summed E-state index contributed by atoms with van der Waals surface area (Å²) in [7, 11) is 2.09. The summed E-state index contributed by atoms with van der Waals surface area (Å²) in [6.07, 6.45) is 13.1. The standard InChI is InChI=1S/C58H63N14O11S2.2C18H10N4.Ru/c59-21-4-3-12-38-54(79)64-28-45(74)65-39(27-46(75)76)55(80)68-40(26-34-19-14-31-8-1-2-9-35(31)34)58(83)72-25-7-13-43(72)57(82)69-41(51(60)77)29-84-85-30-42(56(81)67-38)66-44(73)20-24-63-53(78)33-17-15-32(16-18-33)52-70-49-36-10-5-22-61-47(36)48-37(50(49)71-52)11-6-23-62-48;2*1-2-8-14-13(7-1)21-17-11-5-3-9-19-15(11)16-12(18(17)22-14)6-4-10-20-16;/h1-2,5-6,8-11,15-19,22-23,28,38-43H,3-4,7,12-14,20-21,24-27,29-30,59H2,(H2,60,77)(H,63,78)(H,64,79)(H,65,74)(H,66,73)(H,67,81)(H,68,80)(H,69,82)(H,70,71)(H,75,76);2*1-10H;. The molecule has 9 amide bonds. The molecule has 130 heavy (non-hydrogen) atoms. The summed E-state index contributed by atoms with van der Waals surface area (Å²) in [6, 6.07) is 45.2. The predicted molar refractivity (Wildman–Crippen MR) is 493 cm³/mol. The van der Waals surface area contributed by atoms with Crippen molar-refractivity contribution in [3.8, 4) is 11.4 Å². The van der Waals surface area contributed by atoms with Gasteiger partial charge in [0.2, 0.25) is 47.3 Å². The fraction of sp³-hybridized carbons (Fsp3) is 0.213. The van der Waals surface area contributed by atoms with Crippen molar-refractivity contribution < 1.29 is 72.5 Å². The Labute approximate surface area is 760 Å². The molecule has 36 heteroatoms. The number of aromatic nitrogens is 12. The molecule has 33 nitrogen and oxygen atoms in total. The Morgan fingerprint density at radius 3 is 1.56 bits per heavy atom. The van der Waals surface area contributed by atoms with E-state index in [2.05, 4.69) is 72.1 Å². The van der Waals surface area contributed by atoms with Crippen molar-refractivity contribution in [3.63, 3.8) is 0 Å². The van der Waals surface area contributed by atoms with Crippen molar-refractivity contribution in [2.45, 2.75) is 94.0 Å². The predicted octanol–water partition coefficient (Wildman–Crippen LogP) is 9.41. The number of nitrogens with zero attached hydrogens (tertiary/aromatic N) is 12. The number of hydrogen-bond donors (Lipinski definition) is 11. The van der Waals surface area contributed by atoms with E-state index in [0.717, 1.165) is 153 Å². The minimum absolute atomic E-state index is 0. The average Bonchev–Trinajstić information content (AvgIpc) is 1.35. The van der Waals surface area contributed by atoms with Crippen molar-refractivity contribution in [2.24, 2.45) is 11.5 Å². The fourth-order valence-electron chi connectivity index (χ4n) is 16.3. The van der Waals surface area contributed by atoms with Gasteiger partial charge in [-0.15, -0.1) is 0 Å². The zero-order valence-corrected chi connectivity index (χ0v) is 72.7. The van der Waals surface area contributed by atoms with Gasteiger partial charge in [0.25, 0.3) is 5.91 Å². The van der Waals surface area contributed by atoms with Crippen LogP contribution in [0.3, 0.4) is 0 Å². The largest absolute Gasteiger partial charge is 0.481 e. The molecule has 1 aliphatic carbocycles. The maximum Gasteiger partial charge on any atom is 0.305 e. The number of imidazole rings is 1. The Morgan fingerprint density at radius 1 is 0.515 bits per heavy atom. The van der Waals surface area contributed by atoms with Gasteiger partial charge in [0.05, 0.1) is 94.7 Å². The van der Waals surface area contributed by atoms with Crippen LogP contribution in [0.25, 0.3) is 138 Å². The van der Waals surface area contributed by atoms with Crippen LogP contribution in [0.5, 0.6) is 0 Å². The first kappa shape index (κ1) is 88.8. The summed E-state index contributed by atoms with van der Waals surface area (Å²) < 4.78 is 0. The van der Waals surface area contributed by atoms with Crippen LogP contribution in [0.2, 0.25) is 0 Å². The third-order valence-electron chi connectivity index (χ3n) is 22.6. The van der Waals surface area contributed by atoms with Crippen LogP contribution in [-0.2, 0) is 69.0 Å². The molecular formula is C94H83N22O11RuS2. The van der Waals surface area contributed by atoms with Crippen LogP contribution in [0.4, 0.5) is 0 Å². The third kappa shape index (κ3) is 19.3. The number of aliphatic carboxylic acids is 1. The van der Waals surface area contributed by atoms with Gasteiger partial charge in [0.1, 0.15) is 48.6 Å². The van der Waals surface area contributed by atoms with Crippen molar-refractivity contribution in [1.29, 1.82) is 0 Å². The molecule has 6 unspecified atom stereocenters. The second kappa shape index (κ2) is 40.2. The van der Waals surface area contributed by atoms with E-state index in [1.807, 2.05) is 152 Å². The van der Waals surface area contributed by atoms with E-state index in [4.69, 9.17) is 36.4 Å². The zero-order chi connectivity index (χ0) is 89.2. The van der Waals surface area contributed by atoms with E-state index < -0.39 is 102 Å². The molecule has 16 aromatic rings. The third-order valence-corrected chi connectivity index (χ3v) is 25.0. The fourth-order valence-corrected chi connectivity index (χ4v) is 18.6. The SMILES string of the molecule is NCCCCC1NC(=O)C(NC(=O)CCNC(=O)c2ccc(-c3nc4c5cccnc5c5ncccc5c4[nH]3)cc2)CSSCC(C(N)=O)NC(=O)C2CCCN2C(=O)C(CC2=CCc3ccccc32)NC(=O)C(CC(=O)O)NC(=O)[CH]NC1=O.[Ru].c1ccc2nc3c4cccnc4c4ncccc4c3nc2c1.c1ccc2nc3c4cccnc4c4ncccc4c3nc2c1. The number of carboxylic acid groups (broad SMARTS) is 1. The van der Waals surface area contributed by atoms with Crippen LogP contribution in [0.1, 0.15) is 72.9 Å². The van der Waals surface area contributed by atoms with Gasteiger partial charge in [0, 0.05) is 138 Å². The quantitative estimate of drug-likeness (QED) is 0.0150. The van der Waals surface area contributed by atoms with Gasteiger partial charge in [-0.3, -0.25) is 77.8 Å². The number of benzene rings is 7. The number of carbonyl (C=O) groups excluding carboxylic acids is 9. The molecule has 2 fully saturated rings. The first-order valence-corrected chi connectivity index (χ1v) is 44.3. The first-order valence-electron chi connectivity index (χ1n) is 41.8. The van der Waals surface area contributed by atoms with Crippen molar-refractivity contribution in [1.82, 2.24) is 102 Å². The van der Waals surface area contributed by atoms with Gasteiger partial charge in [-0.05, 0) is 171 Å². The number of allylic oxidation sites excluding steroid dienone is 1. The van der Waals surface area contributed by atoms with Gasteiger partial charge in [-0.25, -0.2) is 24.9 Å². The van der Waals surface area contributed by atoms with Gasteiger partial charge in [-0.1, -0.05) is 88.3 Å². The summed E-state index contributed by atoms with van der Waals surface area (Å²) in [4.78, 5) is 192. The van der Waals surface area contributed by atoms with E-state index in [-0.39, 0.29) is 76.3 Å². The number of hydrogen-bond acceptors (Lipinski definition) is 24. The van der Waals surface area contributed by atoms with E-state index in [1.165, 1.54) is 4.90 Å². The topological polar surface area (TPSA) is 488 Å². The number of H-pyrrole nitrogens is 1. The number of fused-ring (bicyclic) bond motifs is 22. The molecule has 11 heterocycles. The Kier molecular flexibility index (Phi) is 27.4. The Hall–Kier alpha value is -14.6. The number of carboxylic acids is 1. The second-order valence-electron chi connectivity index (χ2n) is 31.0. The first-order chi connectivity index (χ1) is 62.9. The molecule has 3 aliphatic rings. The van der Waals surface area contributed by atoms with Crippen LogP contribution in [0.15, 0.2) is 213 Å². The van der Waals surface area contributed by atoms with E-state index in [9.17, 15) is 53.1 Å². The molecule has 19 rings (SSSR count). The summed E-state index contributed by atoms with van der Waals surface area (Å²) in [5, 5.41) is 33.4. The number of unbranched alkanes of at least 4 members (excludes halogenated alkanes) is 1. The monoisotopic (exact) mass is 1860 g/mol. The smallest absolute Gasteiger partial charge is 0.305 e. The minimum atomic E-state index is -1.77. The Morgan fingerprint density at radius 2 is 1.02 bits per heavy atom. The van der Waals surface area contributed by atoms with Crippen LogP contribution < -0.4 is 48.7 Å². The van der Waals surface area contributed by atoms with Crippen LogP contribution in [-0.4, -0.2) is 196 Å². The molecule has 9 aromatic heterocycles. The number of amides is 9. The number of para-hydroxylation sites is 4. The maximum atomic E-state index is 14.6. The van der Waals surface area contributed by atoms with Gasteiger partial charge in [0.15, 0.2) is 0 Å². The molecule has 0 bridgehead atoms. The second-order valence-corrected chi connectivity index (χ2v) is 33.5. The molecule has 0 spiro atoms. The number of aromatic amines is 1. The molecule has 7 aromatic carbocycles. The van der Waals surface area contributed by atoms with E-state index in [1.54, 1.807) is 61.4 Å². The molecule has 6 atom stereocenters. The Balaban J connectivity index is 0.000000217. The van der Waals surface area contributed by atoms with Gasteiger partial charge < -0.3 is 63.7 Å². The number of rotatable bonds is 15. The molecule has 2 aliphatic heterocycles. The van der Waals surface area contributed by atoms with Crippen LogP contribution >= 0.6 is 21.6 Å². The molecule has 655 valence electrons. The van der Waals surface area contributed by atoms with Gasteiger partial charge in [-0.2, -0.15) is 0 Å². The maximum absolute atomic E-state index is 14.6. The van der Waals surface area contributed by atoms with Gasteiger partial charge >= 0.3 is 5.97 Å². The average molecular weight is 1860 g/mol. The summed E-state index contributed by atoms with van der Waals surface area (Å²) >= 11 is 0. The summed E-state index contributed by atoms with van der Waals surface area (Å²) in [5.74, 6) is -8.47. The van der Waals surface area contributed by atoms with E-state index >= 15 is 0 Å². The molecular weight excluding hydrogens is 1780 g/mol. The van der Waals surface area contributed by atoms with Crippen molar-refractivity contribution in [3.05, 3.63) is 236 Å². The van der Waals surface area contributed by atoms with Crippen molar-refractivity contribution >= 4 is 207 Å². The number of nitrogens with two attached hydrogens (primary N) is 2. The number of pyridine rings is 6. The number of nitrogens with one attached hydrogen (secondary N) is 8. The molecule has 2 saturated heterocycles. The normalized spacial score (nSPS) is 17.8. The number of primary amides is 1. The zero-order valence-electron chi connectivity index (χ0n) is 69.4. The van der Waals surface area contributed by atoms with Crippen molar-refractivity contribution in [2.75, 3.05) is 31.1 Å². The summed E-state index contributed by atoms with van der Waals surface area (Å²) in [5.41, 5.74) is 28.6. The Bertz CT molecular complexity index is 6750. The minimum Gasteiger partial charge on any atom is -0.481 e. The van der Waals surface area contributed by atoms with Crippen LogP contribution in [0, 0.1) is 6.54 Å². The molecule has 13 N–H and O–H groups in total. The summed E-state index contributed by atoms with van der Waals surface area (Å²) in [6.45, 7) is 0.858. The number of carbonyl (C=O) groups is 10. The molecule has 1 radical (unpaired) electrons.